The normalized spacial score (nSPS) is 13.0. The number of nitrogens with two attached hydrogens (primary N) is 1. The molecule has 0 aliphatic heterocycles. The first-order valence-corrected chi connectivity index (χ1v) is 14.7. The highest BCUT2D eigenvalue weighted by atomic mass is 16.5. The van der Waals surface area contributed by atoms with E-state index in [0.29, 0.717) is 47.7 Å². The summed E-state index contributed by atoms with van der Waals surface area (Å²) >= 11 is 0. The van der Waals surface area contributed by atoms with Gasteiger partial charge in [-0.1, -0.05) is 0 Å². The average molecular weight is 588 g/mol. The van der Waals surface area contributed by atoms with Crippen molar-refractivity contribution in [1.82, 2.24) is 14.5 Å². The van der Waals surface area contributed by atoms with E-state index >= 15 is 0 Å². The lowest BCUT2D eigenvalue weighted by atomic mass is 9.96. The maximum atomic E-state index is 12.3. The van der Waals surface area contributed by atoms with Gasteiger partial charge in [-0.05, 0) is 69.0 Å². The highest BCUT2D eigenvalue weighted by molar-refractivity contribution is 5.94. The quantitative estimate of drug-likeness (QED) is 0.204. The van der Waals surface area contributed by atoms with Crippen LogP contribution in [0.1, 0.15) is 44.2 Å². The maximum Gasteiger partial charge on any atom is 0.325 e. The molecule has 11 heteroatoms. The van der Waals surface area contributed by atoms with Crippen LogP contribution in [-0.4, -0.2) is 61.0 Å². The number of aromatic nitrogens is 3. The minimum atomic E-state index is -0.656. The highest BCUT2D eigenvalue weighted by Gasteiger charge is 2.20. The third-order valence-electron chi connectivity index (χ3n) is 7.95. The molecule has 2 aromatic heterocycles. The average Bonchev–Trinajstić information content (AvgIpc) is 3.41. The first-order chi connectivity index (χ1) is 20.8. The molecule has 0 bridgehead atoms. The number of pyridine rings is 1. The molecule has 5 rings (SSSR count). The minimum Gasteiger partial charge on any atom is -0.497 e. The largest absolute Gasteiger partial charge is 0.497 e. The predicted octanol–water partition coefficient (Wildman–Crippen LogP) is 5.67. The molecule has 228 valence electrons. The van der Waals surface area contributed by atoms with E-state index in [2.05, 4.69) is 47.2 Å². The molecule has 0 unspecified atom stereocenters. The van der Waals surface area contributed by atoms with Crippen molar-refractivity contribution in [2.24, 2.45) is 5.73 Å². The summed E-state index contributed by atoms with van der Waals surface area (Å²) in [5.41, 5.74) is 11.4. The Morgan fingerprint density at radius 1 is 1.09 bits per heavy atom. The number of fused-ring (bicyclic) bond motifs is 1. The summed E-state index contributed by atoms with van der Waals surface area (Å²) in [7, 11) is 5.22. The summed E-state index contributed by atoms with van der Waals surface area (Å²) in [5, 5.41) is 3.49. The molecule has 1 aliphatic rings. The zero-order valence-corrected chi connectivity index (χ0v) is 25.6. The number of imidazole rings is 1. The number of ether oxygens (including phenoxy) is 3. The van der Waals surface area contributed by atoms with Crippen molar-refractivity contribution >= 4 is 40.1 Å². The number of hydrogen-bond acceptors (Lipinski definition) is 9. The Bertz CT molecular complexity index is 1580. The van der Waals surface area contributed by atoms with E-state index < -0.39 is 6.03 Å². The van der Waals surface area contributed by atoms with Gasteiger partial charge in [0.1, 0.15) is 29.2 Å². The van der Waals surface area contributed by atoms with Gasteiger partial charge in [-0.15, -0.1) is 0 Å². The van der Waals surface area contributed by atoms with E-state index in [-0.39, 0.29) is 0 Å². The SMILES string of the molecule is CCN(CC)c1cc(COC2CCC2)cc(Nc2cc(N(C)Cc3ccc(OC)cc3OC)c3ncn(C(N)=O)c3n2)c1. The van der Waals surface area contributed by atoms with E-state index in [0.717, 1.165) is 54.1 Å². The number of hydrogen-bond donors (Lipinski definition) is 2. The summed E-state index contributed by atoms with van der Waals surface area (Å²) in [6, 6.07) is 13.4. The van der Waals surface area contributed by atoms with Crippen LogP contribution in [0.4, 0.5) is 27.7 Å². The number of anilines is 4. The van der Waals surface area contributed by atoms with Gasteiger partial charge in [0.2, 0.25) is 0 Å². The van der Waals surface area contributed by atoms with Gasteiger partial charge in [0, 0.05) is 55.8 Å². The molecule has 0 radical (unpaired) electrons. The van der Waals surface area contributed by atoms with Gasteiger partial charge in [0.15, 0.2) is 5.65 Å². The van der Waals surface area contributed by atoms with Crippen molar-refractivity contribution in [3.05, 3.63) is 59.9 Å². The van der Waals surface area contributed by atoms with Gasteiger partial charge < -0.3 is 35.1 Å². The van der Waals surface area contributed by atoms with Crippen LogP contribution in [0, 0.1) is 0 Å². The van der Waals surface area contributed by atoms with Crippen LogP contribution < -0.4 is 30.3 Å². The molecule has 1 aliphatic carbocycles. The summed E-state index contributed by atoms with van der Waals surface area (Å²) in [5.74, 6) is 1.98. The molecule has 0 saturated heterocycles. The highest BCUT2D eigenvalue weighted by Crippen LogP contribution is 2.33. The third kappa shape index (κ3) is 6.61. The van der Waals surface area contributed by atoms with Gasteiger partial charge in [-0.25, -0.2) is 19.3 Å². The molecule has 2 aromatic carbocycles. The van der Waals surface area contributed by atoms with Crippen LogP contribution in [-0.2, 0) is 17.9 Å². The minimum absolute atomic E-state index is 0.342. The maximum absolute atomic E-state index is 12.3. The van der Waals surface area contributed by atoms with Crippen LogP contribution in [0.2, 0.25) is 0 Å². The van der Waals surface area contributed by atoms with Gasteiger partial charge in [0.25, 0.3) is 0 Å². The fourth-order valence-corrected chi connectivity index (χ4v) is 5.31. The third-order valence-corrected chi connectivity index (χ3v) is 7.95. The smallest absolute Gasteiger partial charge is 0.325 e. The second-order valence-corrected chi connectivity index (χ2v) is 10.7. The van der Waals surface area contributed by atoms with Gasteiger partial charge in [-0.3, -0.25) is 0 Å². The summed E-state index contributed by atoms with van der Waals surface area (Å²) in [6.45, 7) is 7.12. The zero-order valence-electron chi connectivity index (χ0n) is 25.6. The van der Waals surface area contributed by atoms with Crippen LogP contribution in [0.3, 0.4) is 0 Å². The lowest BCUT2D eigenvalue weighted by Gasteiger charge is -2.27. The number of carbonyl (C=O) groups excluding carboxylic acids is 1. The van der Waals surface area contributed by atoms with Gasteiger partial charge in [0.05, 0.1) is 32.6 Å². The predicted molar refractivity (Wildman–Crippen MR) is 170 cm³/mol. The van der Waals surface area contributed by atoms with Crippen molar-refractivity contribution in [3.63, 3.8) is 0 Å². The lowest BCUT2D eigenvalue weighted by molar-refractivity contribution is -0.00863. The van der Waals surface area contributed by atoms with Gasteiger partial charge in [-0.2, -0.15) is 0 Å². The molecule has 1 fully saturated rings. The van der Waals surface area contributed by atoms with Crippen LogP contribution in [0.5, 0.6) is 11.5 Å². The molecule has 2 heterocycles. The molecular formula is C32H41N7O4. The Balaban J connectivity index is 1.52. The second-order valence-electron chi connectivity index (χ2n) is 10.7. The Kier molecular flexibility index (Phi) is 9.20. The topological polar surface area (TPSA) is 120 Å². The van der Waals surface area contributed by atoms with E-state index in [9.17, 15) is 4.79 Å². The molecule has 43 heavy (non-hydrogen) atoms. The van der Waals surface area contributed by atoms with Crippen molar-refractivity contribution < 1.29 is 19.0 Å². The Morgan fingerprint density at radius 2 is 1.88 bits per heavy atom. The number of methoxy groups -OCH3 is 2. The first kappa shape index (κ1) is 30.0. The van der Waals surface area contributed by atoms with E-state index in [1.54, 1.807) is 14.2 Å². The Labute approximate surface area is 252 Å². The molecule has 4 aromatic rings. The standard InChI is InChI=1S/C32H41N7O4/c1-6-38(7-2)24-14-21(19-43-25-9-8-10-25)13-23(15-24)35-29-17-27(30-31(36-29)39(20-34-30)32(33)40)37(3)18-22-11-12-26(41-4)16-28(22)42-5/h11-17,20,25H,6-10,18-19H2,1-5H3,(H2,33,40)(H,35,36). The molecule has 0 atom stereocenters. The first-order valence-electron chi connectivity index (χ1n) is 14.7. The number of carbonyl (C=O) groups is 1. The van der Waals surface area contributed by atoms with Crippen molar-refractivity contribution in [2.75, 3.05) is 49.5 Å². The summed E-state index contributed by atoms with van der Waals surface area (Å²) in [4.78, 5) is 25.9. The van der Waals surface area contributed by atoms with E-state index in [4.69, 9.17) is 24.9 Å². The molecule has 11 nitrogen and oxygen atoms in total. The van der Waals surface area contributed by atoms with E-state index in [1.165, 1.54) is 17.3 Å². The summed E-state index contributed by atoms with van der Waals surface area (Å²) < 4.78 is 18.4. The number of amides is 1. The number of primary amides is 1. The van der Waals surface area contributed by atoms with E-state index in [1.807, 2.05) is 36.2 Å². The molecule has 1 saturated carbocycles. The van der Waals surface area contributed by atoms with Crippen molar-refractivity contribution in [3.8, 4) is 11.5 Å². The van der Waals surface area contributed by atoms with Crippen molar-refractivity contribution in [1.29, 1.82) is 0 Å². The molecule has 3 N–H and O–H groups in total. The van der Waals surface area contributed by atoms with Crippen LogP contribution >= 0.6 is 0 Å². The van der Waals surface area contributed by atoms with Crippen LogP contribution in [0.25, 0.3) is 11.2 Å². The molecule has 0 spiro atoms. The van der Waals surface area contributed by atoms with Crippen molar-refractivity contribution in [2.45, 2.75) is 52.4 Å². The number of nitrogens with one attached hydrogen (secondary N) is 1. The number of rotatable bonds is 13. The second kappa shape index (κ2) is 13.2. The lowest BCUT2D eigenvalue weighted by Crippen LogP contribution is -2.23. The molecular weight excluding hydrogens is 546 g/mol. The Hall–Kier alpha value is -4.51. The fourth-order valence-electron chi connectivity index (χ4n) is 5.31. The zero-order chi connectivity index (χ0) is 30.5. The number of benzene rings is 2. The monoisotopic (exact) mass is 587 g/mol. The molecule has 1 amide bonds. The van der Waals surface area contributed by atoms with Crippen LogP contribution in [0.15, 0.2) is 48.8 Å². The number of nitrogens with zero attached hydrogens (tertiary/aromatic N) is 5. The van der Waals surface area contributed by atoms with Gasteiger partial charge >= 0.3 is 6.03 Å². The Morgan fingerprint density at radius 3 is 2.53 bits per heavy atom. The fraction of sp³-hybridized carbons (Fsp3) is 0.406. The summed E-state index contributed by atoms with van der Waals surface area (Å²) in [6.07, 6.45) is 5.23.